The molecule has 1 heterocycles. The van der Waals surface area contributed by atoms with Crippen molar-refractivity contribution < 1.29 is 4.74 Å². The zero-order valence-corrected chi connectivity index (χ0v) is 14.6. The van der Waals surface area contributed by atoms with E-state index in [2.05, 4.69) is 40.7 Å². The van der Waals surface area contributed by atoms with E-state index in [4.69, 9.17) is 4.74 Å². The van der Waals surface area contributed by atoms with Crippen molar-refractivity contribution in [3.05, 3.63) is 29.3 Å². The summed E-state index contributed by atoms with van der Waals surface area (Å²) in [6.07, 6.45) is 3.49. The fourth-order valence-electron chi connectivity index (χ4n) is 2.59. The molecule has 1 aromatic rings. The first-order valence-corrected chi connectivity index (χ1v) is 9.07. The molecule has 0 aromatic heterocycles. The number of hydrogen-bond donors (Lipinski definition) is 2. The second kappa shape index (κ2) is 8.93. The summed E-state index contributed by atoms with van der Waals surface area (Å²) in [4.78, 5) is 4.32. The third-order valence-electron chi connectivity index (χ3n) is 3.90. The number of benzene rings is 1. The highest BCUT2D eigenvalue weighted by atomic mass is 32.2. The summed E-state index contributed by atoms with van der Waals surface area (Å²) in [6.45, 7) is 2.93. The van der Waals surface area contributed by atoms with Gasteiger partial charge in [-0.1, -0.05) is 12.1 Å². The number of aryl methyl sites for hydroxylation is 1. The topological polar surface area (TPSA) is 45.7 Å². The van der Waals surface area contributed by atoms with Crippen LogP contribution in [0.25, 0.3) is 0 Å². The van der Waals surface area contributed by atoms with Crippen molar-refractivity contribution in [1.29, 1.82) is 0 Å². The second-order valence-corrected chi connectivity index (χ2v) is 6.76. The summed E-state index contributed by atoms with van der Waals surface area (Å²) in [6, 6.07) is 6.93. The lowest BCUT2D eigenvalue weighted by Crippen LogP contribution is -2.46. The van der Waals surface area contributed by atoms with E-state index >= 15 is 0 Å². The third-order valence-corrected chi connectivity index (χ3v) is 5.12. The molecular formula is C17H27N3OS. The molecular weight excluding hydrogens is 294 g/mol. The highest BCUT2D eigenvalue weighted by Gasteiger charge is 2.14. The summed E-state index contributed by atoms with van der Waals surface area (Å²) >= 11 is 2.02. The van der Waals surface area contributed by atoms with E-state index in [1.807, 2.05) is 18.8 Å². The Labute approximate surface area is 138 Å². The van der Waals surface area contributed by atoms with Gasteiger partial charge in [0, 0.05) is 25.4 Å². The standard InChI is InChI=1S/C17H27N3OS/c1-13-6-7-14(11-16(13)21-3)8-9-19-17(18-2)20-15-5-4-10-22-12-15/h6-7,11,15H,4-5,8-10,12H2,1-3H3,(H2,18,19,20). The molecule has 1 aromatic carbocycles. The zero-order valence-electron chi connectivity index (χ0n) is 13.8. The van der Waals surface area contributed by atoms with Crippen molar-refractivity contribution in [2.45, 2.75) is 32.2 Å². The molecule has 0 spiro atoms. The van der Waals surface area contributed by atoms with Gasteiger partial charge in [0.05, 0.1) is 7.11 Å². The maximum absolute atomic E-state index is 5.38. The summed E-state index contributed by atoms with van der Waals surface area (Å²) < 4.78 is 5.38. The van der Waals surface area contributed by atoms with Gasteiger partial charge in [-0.3, -0.25) is 4.99 Å². The van der Waals surface area contributed by atoms with Crippen LogP contribution in [0.1, 0.15) is 24.0 Å². The molecule has 2 rings (SSSR count). The summed E-state index contributed by atoms with van der Waals surface area (Å²) in [5, 5.41) is 6.92. The van der Waals surface area contributed by atoms with Crippen LogP contribution < -0.4 is 15.4 Å². The average Bonchev–Trinajstić information content (AvgIpc) is 2.56. The Morgan fingerprint density at radius 3 is 3.00 bits per heavy atom. The van der Waals surface area contributed by atoms with Crippen LogP contribution in [0.4, 0.5) is 0 Å². The normalized spacial score (nSPS) is 18.9. The lowest BCUT2D eigenvalue weighted by molar-refractivity contribution is 0.411. The third kappa shape index (κ3) is 5.13. The van der Waals surface area contributed by atoms with E-state index in [1.54, 1.807) is 7.11 Å². The Morgan fingerprint density at radius 1 is 1.45 bits per heavy atom. The van der Waals surface area contributed by atoms with Crippen LogP contribution in [0.3, 0.4) is 0 Å². The molecule has 0 amide bonds. The highest BCUT2D eigenvalue weighted by Crippen LogP contribution is 2.19. The highest BCUT2D eigenvalue weighted by molar-refractivity contribution is 7.99. The van der Waals surface area contributed by atoms with Gasteiger partial charge in [0.15, 0.2) is 5.96 Å². The average molecular weight is 321 g/mol. The first-order valence-electron chi connectivity index (χ1n) is 7.91. The van der Waals surface area contributed by atoms with E-state index in [9.17, 15) is 0 Å². The lowest BCUT2D eigenvalue weighted by atomic mass is 10.1. The van der Waals surface area contributed by atoms with Gasteiger partial charge in [0.2, 0.25) is 0 Å². The maximum Gasteiger partial charge on any atom is 0.191 e. The quantitative estimate of drug-likeness (QED) is 0.646. The van der Waals surface area contributed by atoms with Crippen LogP contribution in [-0.2, 0) is 6.42 Å². The first kappa shape index (κ1) is 17.0. The zero-order chi connectivity index (χ0) is 15.8. The largest absolute Gasteiger partial charge is 0.496 e. The number of nitrogens with one attached hydrogen (secondary N) is 2. The van der Waals surface area contributed by atoms with Gasteiger partial charge in [-0.15, -0.1) is 0 Å². The van der Waals surface area contributed by atoms with Gasteiger partial charge in [0.1, 0.15) is 5.75 Å². The molecule has 0 saturated carbocycles. The minimum atomic E-state index is 0.546. The summed E-state index contributed by atoms with van der Waals surface area (Å²) in [5.74, 6) is 4.33. The summed E-state index contributed by atoms with van der Waals surface area (Å²) in [7, 11) is 3.55. The number of nitrogens with zero attached hydrogens (tertiary/aromatic N) is 1. The fraction of sp³-hybridized carbons (Fsp3) is 0.588. The molecule has 1 unspecified atom stereocenters. The SMILES string of the molecule is CN=C(NCCc1ccc(C)c(OC)c1)NC1CCCSC1. The molecule has 1 atom stereocenters. The summed E-state index contributed by atoms with van der Waals surface area (Å²) in [5.41, 5.74) is 2.45. The smallest absolute Gasteiger partial charge is 0.191 e. The molecule has 1 fully saturated rings. The van der Waals surface area contributed by atoms with E-state index < -0.39 is 0 Å². The fourth-order valence-corrected chi connectivity index (χ4v) is 3.66. The van der Waals surface area contributed by atoms with Gasteiger partial charge in [-0.2, -0.15) is 11.8 Å². The minimum absolute atomic E-state index is 0.546. The number of rotatable bonds is 5. The molecule has 122 valence electrons. The van der Waals surface area contributed by atoms with Gasteiger partial charge in [0.25, 0.3) is 0 Å². The molecule has 1 saturated heterocycles. The van der Waals surface area contributed by atoms with Crippen molar-refractivity contribution in [3.8, 4) is 5.75 Å². The van der Waals surface area contributed by atoms with Crippen LogP contribution in [0.5, 0.6) is 5.75 Å². The Balaban J connectivity index is 1.78. The van der Waals surface area contributed by atoms with E-state index in [0.717, 1.165) is 24.7 Å². The Kier molecular flexibility index (Phi) is 6.90. The molecule has 22 heavy (non-hydrogen) atoms. The van der Waals surface area contributed by atoms with Gasteiger partial charge < -0.3 is 15.4 Å². The Hall–Kier alpha value is -1.36. The first-order chi connectivity index (χ1) is 10.7. The lowest BCUT2D eigenvalue weighted by Gasteiger charge is -2.24. The number of aliphatic imine (C=N–C) groups is 1. The monoisotopic (exact) mass is 321 g/mol. The number of thioether (sulfide) groups is 1. The number of hydrogen-bond acceptors (Lipinski definition) is 3. The molecule has 0 radical (unpaired) electrons. The number of guanidine groups is 1. The molecule has 1 aliphatic rings. The maximum atomic E-state index is 5.38. The molecule has 0 bridgehead atoms. The predicted octanol–water partition coefficient (Wildman–Crippen LogP) is 2.61. The van der Waals surface area contributed by atoms with Gasteiger partial charge in [-0.05, 0) is 49.1 Å². The molecule has 5 heteroatoms. The minimum Gasteiger partial charge on any atom is -0.496 e. The van der Waals surface area contributed by atoms with Crippen molar-refractivity contribution in [1.82, 2.24) is 10.6 Å². The second-order valence-electron chi connectivity index (χ2n) is 5.61. The van der Waals surface area contributed by atoms with Gasteiger partial charge >= 0.3 is 0 Å². The Morgan fingerprint density at radius 2 is 2.32 bits per heavy atom. The molecule has 1 aliphatic heterocycles. The predicted molar refractivity (Wildman–Crippen MR) is 96.3 cm³/mol. The van der Waals surface area contributed by atoms with E-state index in [-0.39, 0.29) is 0 Å². The van der Waals surface area contributed by atoms with Crippen molar-refractivity contribution >= 4 is 17.7 Å². The Bertz CT molecular complexity index is 499. The van der Waals surface area contributed by atoms with Crippen molar-refractivity contribution in [2.24, 2.45) is 4.99 Å². The van der Waals surface area contributed by atoms with Crippen LogP contribution in [-0.4, -0.2) is 44.2 Å². The number of methoxy groups -OCH3 is 1. The van der Waals surface area contributed by atoms with Crippen LogP contribution in [0.15, 0.2) is 23.2 Å². The van der Waals surface area contributed by atoms with E-state index in [0.29, 0.717) is 6.04 Å². The van der Waals surface area contributed by atoms with Gasteiger partial charge in [-0.25, -0.2) is 0 Å². The van der Waals surface area contributed by atoms with Crippen molar-refractivity contribution in [2.75, 3.05) is 32.2 Å². The van der Waals surface area contributed by atoms with E-state index in [1.165, 1.54) is 35.5 Å². The van der Waals surface area contributed by atoms with Crippen molar-refractivity contribution in [3.63, 3.8) is 0 Å². The van der Waals surface area contributed by atoms with Crippen LogP contribution in [0, 0.1) is 6.92 Å². The van der Waals surface area contributed by atoms with Crippen LogP contribution in [0.2, 0.25) is 0 Å². The number of ether oxygens (including phenoxy) is 1. The molecule has 4 nitrogen and oxygen atoms in total. The molecule has 2 N–H and O–H groups in total. The van der Waals surface area contributed by atoms with Crippen LogP contribution >= 0.6 is 11.8 Å². The molecule has 0 aliphatic carbocycles.